The van der Waals surface area contributed by atoms with E-state index in [2.05, 4.69) is 9.79 Å². The predicted molar refractivity (Wildman–Crippen MR) is 38.7 cm³/mol. The molecule has 1 aromatic carbocycles. The van der Waals surface area contributed by atoms with Gasteiger partial charge in [0.05, 0.1) is 5.69 Å². The summed E-state index contributed by atoms with van der Waals surface area (Å²) in [5.41, 5.74) is 0.493. The van der Waals surface area contributed by atoms with E-state index in [1.165, 1.54) is 4.74 Å². The van der Waals surface area contributed by atoms with Gasteiger partial charge in [0.15, 0.2) is 0 Å². The molecule has 0 atom stereocenters. The minimum Gasteiger partial charge on any atom is -0.280 e. The van der Waals surface area contributed by atoms with Crippen molar-refractivity contribution in [1.82, 2.24) is 9.90 Å². The molecule has 2 aromatic rings. The van der Waals surface area contributed by atoms with Gasteiger partial charge in [0, 0.05) is 0 Å². The Morgan fingerprint density at radius 2 is 2.00 bits per heavy atom. The van der Waals surface area contributed by atoms with Gasteiger partial charge >= 0.3 is 5.69 Å². The van der Waals surface area contributed by atoms with E-state index in [4.69, 9.17) is 0 Å². The smallest absolute Gasteiger partial charge is 0.280 e. The van der Waals surface area contributed by atoms with Crippen LogP contribution in [-0.2, 0) is 0 Å². The zero-order valence-corrected chi connectivity index (χ0v) is 5.65. The van der Waals surface area contributed by atoms with Gasteiger partial charge in [-0.25, -0.2) is 4.79 Å². The summed E-state index contributed by atoms with van der Waals surface area (Å²) in [4.78, 5) is 10.7. The highest BCUT2D eigenvalue weighted by Gasteiger charge is 2.02. The van der Waals surface area contributed by atoms with Crippen molar-refractivity contribution < 1.29 is 4.63 Å². The molecule has 11 heavy (non-hydrogen) atoms. The fraction of sp³-hybridized carbons (Fsp3) is 0. The van der Waals surface area contributed by atoms with Gasteiger partial charge in [-0.1, -0.05) is 22.9 Å². The molecule has 0 aliphatic heterocycles. The van der Waals surface area contributed by atoms with Crippen molar-refractivity contribution in [1.29, 1.82) is 0 Å². The normalized spacial score (nSPS) is 10.2. The first-order valence-electron chi connectivity index (χ1n) is 3.20. The summed E-state index contributed by atoms with van der Waals surface area (Å²) < 4.78 is 5.84. The van der Waals surface area contributed by atoms with E-state index in [0.29, 0.717) is 0 Å². The van der Waals surface area contributed by atoms with Crippen molar-refractivity contribution in [3.8, 4) is 5.69 Å². The number of rotatable bonds is 1. The van der Waals surface area contributed by atoms with Crippen LogP contribution in [0.5, 0.6) is 0 Å². The first kappa shape index (κ1) is 6.03. The average Bonchev–Trinajstić information content (AvgIpc) is 2.04. The van der Waals surface area contributed by atoms with Crippen molar-refractivity contribution in [3.05, 3.63) is 40.8 Å². The molecule has 0 unspecified atom stereocenters. The lowest BCUT2D eigenvalue weighted by Gasteiger charge is -2.02. The largest absolute Gasteiger partial charge is 0.392 e. The molecule has 0 fully saturated rings. The number of nitrogens with one attached hydrogen (secondary N) is 1. The van der Waals surface area contributed by atoms with Crippen molar-refractivity contribution >= 4 is 0 Å². The van der Waals surface area contributed by atoms with Crippen molar-refractivity contribution in [2.75, 3.05) is 0 Å². The molecule has 0 aliphatic rings. The van der Waals surface area contributed by atoms with Gasteiger partial charge in [-0.3, -0.25) is 4.63 Å². The molecule has 4 nitrogen and oxygen atoms in total. The average molecular weight is 150 g/mol. The Kier molecular flexibility index (Phi) is 1.18. The molecular weight excluding hydrogens is 144 g/mol. The van der Waals surface area contributed by atoms with E-state index in [9.17, 15) is 4.79 Å². The highest BCUT2D eigenvalue weighted by atomic mass is 16.6. The van der Waals surface area contributed by atoms with Crippen LogP contribution in [-0.4, -0.2) is 9.90 Å². The molecule has 0 bridgehead atoms. The zero-order valence-electron chi connectivity index (χ0n) is 5.65. The van der Waals surface area contributed by atoms with E-state index in [1.54, 1.807) is 12.1 Å². The third-order valence-corrected chi connectivity index (χ3v) is 1.40. The molecule has 0 spiro atoms. The van der Waals surface area contributed by atoms with E-state index >= 15 is 0 Å². The Bertz CT molecular complexity index is 382. The topological polar surface area (TPSA) is 50.9 Å². The Balaban J connectivity index is 2.51. The number of para-hydroxylation sites is 1. The molecule has 56 valence electrons. The zero-order chi connectivity index (χ0) is 7.68. The molecule has 0 aliphatic carbocycles. The molecule has 1 heterocycles. The lowest BCUT2D eigenvalue weighted by Crippen LogP contribution is -2.26. The quantitative estimate of drug-likeness (QED) is 0.652. The predicted octanol–water partition coefficient (Wildman–Crippen LogP) is 0.759. The molecule has 0 radical (unpaired) electrons. The standard InChI is InChI=1S/C7H6N2O2/c10-7-8-11-9(7)6-4-2-1-3-5-6/h1-5H,(H,8,10). The number of hydrogen-bond donors (Lipinski definition) is 1. The Labute approximate surface area is 62.0 Å². The summed E-state index contributed by atoms with van der Waals surface area (Å²) in [6.45, 7) is 0. The third kappa shape index (κ3) is 0.881. The van der Waals surface area contributed by atoms with Crippen molar-refractivity contribution in [2.45, 2.75) is 0 Å². The number of hydrogen-bond acceptors (Lipinski definition) is 2. The van der Waals surface area contributed by atoms with Crippen LogP contribution in [0.2, 0.25) is 0 Å². The second-order valence-electron chi connectivity index (χ2n) is 2.13. The monoisotopic (exact) mass is 150 g/mol. The van der Waals surface area contributed by atoms with Gasteiger partial charge in [0.1, 0.15) is 0 Å². The molecule has 4 heteroatoms. The Morgan fingerprint density at radius 1 is 1.27 bits per heavy atom. The van der Waals surface area contributed by atoms with Crippen LogP contribution in [0.15, 0.2) is 39.8 Å². The van der Waals surface area contributed by atoms with Crippen molar-refractivity contribution in [2.24, 2.45) is 0 Å². The number of aromatic amines is 1. The maximum Gasteiger partial charge on any atom is 0.392 e. The minimum absolute atomic E-state index is 0.240. The fourth-order valence-electron chi connectivity index (χ4n) is 0.862. The Hall–Kier alpha value is -1.71. The summed E-state index contributed by atoms with van der Waals surface area (Å²) in [7, 11) is 0. The lowest BCUT2D eigenvalue weighted by atomic mass is 10.3. The van der Waals surface area contributed by atoms with Gasteiger partial charge in [0.25, 0.3) is 0 Å². The van der Waals surface area contributed by atoms with Crippen LogP contribution >= 0.6 is 0 Å². The molecular formula is C7H6N2O2. The number of aromatic nitrogens is 2. The van der Waals surface area contributed by atoms with Crippen LogP contribution in [0.1, 0.15) is 0 Å². The molecule has 2 rings (SSSR count). The van der Waals surface area contributed by atoms with E-state index in [-0.39, 0.29) is 5.69 Å². The first-order chi connectivity index (χ1) is 5.38. The van der Waals surface area contributed by atoms with Gasteiger partial charge in [-0.05, 0) is 12.1 Å². The highest BCUT2D eigenvalue weighted by molar-refractivity contribution is 5.28. The second-order valence-corrected chi connectivity index (χ2v) is 2.13. The molecule has 0 saturated carbocycles. The Morgan fingerprint density at radius 3 is 2.45 bits per heavy atom. The SMILES string of the molecule is O=c1[nH]on1-c1ccccc1. The van der Waals surface area contributed by atoms with Crippen LogP contribution < -0.4 is 5.69 Å². The maximum absolute atomic E-state index is 10.7. The van der Waals surface area contributed by atoms with E-state index in [0.717, 1.165) is 5.69 Å². The summed E-state index contributed by atoms with van der Waals surface area (Å²) >= 11 is 0. The van der Waals surface area contributed by atoms with E-state index in [1.807, 2.05) is 18.2 Å². The van der Waals surface area contributed by atoms with Crippen LogP contribution in [0, 0.1) is 0 Å². The van der Waals surface area contributed by atoms with Gasteiger partial charge < -0.3 is 0 Å². The number of H-pyrrole nitrogens is 1. The molecule has 0 saturated heterocycles. The fourth-order valence-corrected chi connectivity index (χ4v) is 0.862. The highest BCUT2D eigenvalue weighted by Crippen LogP contribution is 2.01. The summed E-state index contributed by atoms with van der Waals surface area (Å²) in [6, 6.07) is 9.13. The van der Waals surface area contributed by atoms with Crippen molar-refractivity contribution in [3.63, 3.8) is 0 Å². The number of benzene rings is 1. The minimum atomic E-state index is -0.240. The summed E-state index contributed by atoms with van der Waals surface area (Å²) in [6.07, 6.45) is 0. The van der Waals surface area contributed by atoms with Gasteiger partial charge in [0.2, 0.25) is 0 Å². The van der Waals surface area contributed by atoms with Gasteiger partial charge in [-0.2, -0.15) is 0 Å². The second kappa shape index (κ2) is 2.16. The summed E-state index contributed by atoms with van der Waals surface area (Å²) in [5.74, 6) is 0. The number of nitrogens with zero attached hydrogens (tertiary/aromatic N) is 1. The van der Waals surface area contributed by atoms with Crippen LogP contribution in [0.3, 0.4) is 0 Å². The first-order valence-corrected chi connectivity index (χ1v) is 3.20. The summed E-state index contributed by atoms with van der Waals surface area (Å²) in [5, 5.41) is 2.14. The maximum atomic E-state index is 10.7. The third-order valence-electron chi connectivity index (χ3n) is 1.40. The molecule has 1 aromatic heterocycles. The molecule has 0 amide bonds. The molecule has 1 N–H and O–H groups in total. The van der Waals surface area contributed by atoms with Gasteiger partial charge in [-0.15, -0.1) is 5.16 Å². The lowest BCUT2D eigenvalue weighted by molar-refractivity contribution is 0.144. The van der Waals surface area contributed by atoms with Crippen LogP contribution in [0.25, 0.3) is 5.69 Å². The van der Waals surface area contributed by atoms with E-state index < -0.39 is 0 Å². The van der Waals surface area contributed by atoms with Crippen LogP contribution in [0.4, 0.5) is 0 Å².